The second-order valence-corrected chi connectivity index (χ2v) is 7.24. The Balaban J connectivity index is 1.32. The van der Waals surface area contributed by atoms with Crippen molar-refractivity contribution in [2.75, 3.05) is 36.5 Å². The van der Waals surface area contributed by atoms with Crippen molar-refractivity contribution < 1.29 is 14.3 Å². The van der Waals surface area contributed by atoms with Crippen molar-refractivity contribution in [3.05, 3.63) is 65.5 Å². The summed E-state index contributed by atoms with van der Waals surface area (Å²) in [5, 5.41) is 2.93. The van der Waals surface area contributed by atoms with Crippen LogP contribution in [0.2, 0.25) is 0 Å². The number of benzene rings is 2. The number of hydrogen-bond acceptors (Lipinski definition) is 7. The quantitative estimate of drug-likeness (QED) is 0.670. The summed E-state index contributed by atoms with van der Waals surface area (Å²) >= 11 is 1.18. The third-order valence-electron chi connectivity index (χ3n) is 4.74. The standard InChI is InChI=1S/C21H22N4O3S/c1-15-20(24-29-23-15)14-28-19-8-2-16(3-9-19)21(26)22-17-4-6-18(7-5-17)25-10-12-27-13-11-25/h2-9H,10-14H2,1H3,(H,22,26). The molecule has 1 aliphatic rings. The number of hydrogen-bond donors (Lipinski definition) is 1. The van der Waals surface area contributed by atoms with Crippen molar-refractivity contribution in [1.82, 2.24) is 8.75 Å². The summed E-state index contributed by atoms with van der Waals surface area (Å²) in [6.45, 7) is 5.54. The van der Waals surface area contributed by atoms with Crippen molar-refractivity contribution in [1.29, 1.82) is 0 Å². The molecule has 1 aliphatic heterocycles. The summed E-state index contributed by atoms with van der Waals surface area (Å²) in [5.74, 6) is 0.527. The van der Waals surface area contributed by atoms with Crippen LogP contribution in [0.4, 0.5) is 11.4 Å². The van der Waals surface area contributed by atoms with Crippen LogP contribution in [-0.2, 0) is 11.3 Å². The first kappa shape index (κ1) is 19.4. The predicted octanol–water partition coefficient (Wildman–Crippen LogP) is 3.51. The van der Waals surface area contributed by atoms with Gasteiger partial charge in [0.05, 0.1) is 30.6 Å². The monoisotopic (exact) mass is 410 g/mol. The summed E-state index contributed by atoms with van der Waals surface area (Å²) in [4.78, 5) is 14.8. The first-order valence-electron chi connectivity index (χ1n) is 9.44. The SMILES string of the molecule is Cc1nsnc1COc1ccc(C(=O)Nc2ccc(N3CCOCC3)cc2)cc1. The topological polar surface area (TPSA) is 76.6 Å². The highest BCUT2D eigenvalue weighted by molar-refractivity contribution is 6.99. The largest absolute Gasteiger partial charge is 0.487 e. The van der Waals surface area contributed by atoms with Crippen molar-refractivity contribution in [2.24, 2.45) is 0 Å². The average Bonchev–Trinajstić information content (AvgIpc) is 3.18. The number of aryl methyl sites for hydroxylation is 1. The molecule has 0 radical (unpaired) electrons. The van der Waals surface area contributed by atoms with Crippen LogP contribution in [0.1, 0.15) is 21.7 Å². The molecule has 1 fully saturated rings. The van der Waals surface area contributed by atoms with E-state index < -0.39 is 0 Å². The maximum Gasteiger partial charge on any atom is 0.255 e. The predicted molar refractivity (Wildman–Crippen MR) is 113 cm³/mol. The van der Waals surface area contributed by atoms with Crippen molar-refractivity contribution in [3.8, 4) is 5.75 Å². The molecular weight excluding hydrogens is 388 g/mol. The molecule has 150 valence electrons. The van der Waals surface area contributed by atoms with Gasteiger partial charge < -0.3 is 19.7 Å². The Hall–Kier alpha value is -2.97. The number of nitrogens with zero attached hydrogens (tertiary/aromatic N) is 3. The fourth-order valence-corrected chi connectivity index (χ4v) is 3.57. The van der Waals surface area contributed by atoms with Gasteiger partial charge in [0.25, 0.3) is 5.91 Å². The lowest BCUT2D eigenvalue weighted by atomic mass is 10.2. The third-order valence-corrected chi connectivity index (χ3v) is 5.40. The van der Waals surface area contributed by atoms with Crippen LogP contribution in [0.5, 0.6) is 5.75 Å². The molecule has 0 unspecified atom stereocenters. The molecule has 7 nitrogen and oxygen atoms in total. The number of morpholine rings is 1. The number of rotatable bonds is 6. The second kappa shape index (κ2) is 9.02. The lowest BCUT2D eigenvalue weighted by Gasteiger charge is -2.28. The van der Waals surface area contributed by atoms with Gasteiger partial charge >= 0.3 is 0 Å². The minimum Gasteiger partial charge on any atom is -0.487 e. The highest BCUT2D eigenvalue weighted by atomic mass is 32.1. The highest BCUT2D eigenvalue weighted by Crippen LogP contribution is 2.20. The zero-order chi connectivity index (χ0) is 20.1. The molecular formula is C21H22N4O3S. The zero-order valence-electron chi connectivity index (χ0n) is 16.1. The molecule has 1 aromatic heterocycles. The van der Waals surface area contributed by atoms with E-state index in [9.17, 15) is 4.79 Å². The third kappa shape index (κ3) is 4.90. The first-order chi connectivity index (χ1) is 14.2. The van der Waals surface area contributed by atoms with Gasteiger partial charge in [0.2, 0.25) is 0 Å². The fraction of sp³-hybridized carbons (Fsp3) is 0.286. The Kier molecular flexibility index (Phi) is 6.02. The van der Waals surface area contributed by atoms with E-state index in [2.05, 4.69) is 19.0 Å². The normalized spacial score (nSPS) is 13.9. The molecule has 0 atom stereocenters. The number of carbonyl (C=O) groups is 1. The molecule has 1 amide bonds. The van der Waals surface area contributed by atoms with Crippen LogP contribution < -0.4 is 15.0 Å². The van der Waals surface area contributed by atoms with Crippen molar-refractivity contribution in [2.45, 2.75) is 13.5 Å². The highest BCUT2D eigenvalue weighted by Gasteiger charge is 2.12. The summed E-state index contributed by atoms with van der Waals surface area (Å²) in [6.07, 6.45) is 0. The summed E-state index contributed by atoms with van der Waals surface area (Å²) in [6, 6.07) is 14.9. The molecule has 1 saturated heterocycles. The lowest BCUT2D eigenvalue weighted by Crippen LogP contribution is -2.36. The van der Waals surface area contributed by atoms with E-state index in [4.69, 9.17) is 9.47 Å². The summed E-state index contributed by atoms with van der Waals surface area (Å²) < 4.78 is 19.4. The van der Waals surface area contributed by atoms with E-state index in [0.29, 0.717) is 17.9 Å². The van der Waals surface area contributed by atoms with Gasteiger partial charge in [-0.25, -0.2) is 0 Å². The van der Waals surface area contributed by atoms with E-state index in [-0.39, 0.29) is 5.91 Å². The molecule has 0 saturated carbocycles. The van der Waals surface area contributed by atoms with Crippen LogP contribution in [0.15, 0.2) is 48.5 Å². The summed E-state index contributed by atoms with van der Waals surface area (Å²) in [5.41, 5.74) is 4.18. The maximum absolute atomic E-state index is 12.5. The van der Waals surface area contributed by atoms with Crippen molar-refractivity contribution >= 4 is 29.0 Å². The Morgan fingerprint density at radius 3 is 2.48 bits per heavy atom. The molecule has 0 bridgehead atoms. The van der Waals surface area contributed by atoms with Gasteiger partial charge in [0, 0.05) is 30.0 Å². The molecule has 29 heavy (non-hydrogen) atoms. The van der Waals surface area contributed by atoms with Gasteiger partial charge in [0.15, 0.2) is 0 Å². The van der Waals surface area contributed by atoms with Crippen LogP contribution >= 0.6 is 11.7 Å². The van der Waals surface area contributed by atoms with E-state index in [1.54, 1.807) is 24.3 Å². The minimum atomic E-state index is -0.157. The summed E-state index contributed by atoms with van der Waals surface area (Å²) in [7, 11) is 0. The molecule has 4 rings (SSSR count). The second-order valence-electron chi connectivity index (χ2n) is 6.71. The zero-order valence-corrected chi connectivity index (χ0v) is 16.9. The number of nitrogens with one attached hydrogen (secondary N) is 1. The number of amides is 1. The van der Waals surface area contributed by atoms with Gasteiger partial charge in [-0.05, 0) is 55.5 Å². The molecule has 1 N–H and O–H groups in total. The van der Waals surface area contributed by atoms with Gasteiger partial charge in [-0.2, -0.15) is 8.75 Å². The molecule has 3 aromatic rings. The number of anilines is 2. The smallest absolute Gasteiger partial charge is 0.255 e. The fourth-order valence-electron chi connectivity index (χ4n) is 3.02. The average molecular weight is 410 g/mol. The molecule has 2 heterocycles. The van der Waals surface area contributed by atoms with Gasteiger partial charge in [-0.15, -0.1) is 0 Å². The van der Waals surface area contributed by atoms with Gasteiger partial charge in [0.1, 0.15) is 18.1 Å². The number of carbonyl (C=O) groups excluding carboxylic acids is 1. The van der Waals surface area contributed by atoms with Crippen LogP contribution in [0.3, 0.4) is 0 Å². The molecule has 0 spiro atoms. The molecule has 2 aromatic carbocycles. The lowest BCUT2D eigenvalue weighted by molar-refractivity contribution is 0.102. The molecule has 8 heteroatoms. The van der Waals surface area contributed by atoms with Gasteiger partial charge in [-0.3, -0.25) is 4.79 Å². The number of ether oxygens (including phenoxy) is 2. The molecule has 0 aliphatic carbocycles. The van der Waals surface area contributed by atoms with E-state index >= 15 is 0 Å². The maximum atomic E-state index is 12.5. The first-order valence-corrected chi connectivity index (χ1v) is 10.2. The van der Waals surface area contributed by atoms with E-state index in [1.165, 1.54) is 11.7 Å². The Labute approximate surface area is 173 Å². The Morgan fingerprint density at radius 1 is 1.10 bits per heavy atom. The van der Waals surface area contributed by atoms with Crippen LogP contribution in [-0.4, -0.2) is 41.0 Å². The van der Waals surface area contributed by atoms with Gasteiger partial charge in [-0.1, -0.05) is 0 Å². The van der Waals surface area contributed by atoms with E-state index in [1.807, 2.05) is 31.2 Å². The Bertz CT molecular complexity index is 951. The van der Waals surface area contributed by atoms with E-state index in [0.717, 1.165) is 49.1 Å². The van der Waals surface area contributed by atoms with Crippen molar-refractivity contribution in [3.63, 3.8) is 0 Å². The number of aromatic nitrogens is 2. The van der Waals surface area contributed by atoms with Crippen LogP contribution in [0, 0.1) is 6.92 Å². The Morgan fingerprint density at radius 2 is 1.83 bits per heavy atom. The van der Waals surface area contributed by atoms with Crippen LogP contribution in [0.25, 0.3) is 0 Å². The minimum absolute atomic E-state index is 0.157.